The van der Waals surface area contributed by atoms with E-state index >= 15 is 0 Å². The molecule has 9 N–H and O–H groups in total. The molecule has 0 spiro atoms. The predicted octanol–water partition coefficient (Wildman–Crippen LogP) is 8.01. The number of rotatable bonds is 32. The Bertz CT molecular complexity index is 3030. The molecule has 3 heterocycles. The molecule has 0 aliphatic carbocycles. The first-order valence-electron chi connectivity index (χ1n) is 28.3. The summed E-state index contributed by atoms with van der Waals surface area (Å²) < 4.78 is 39.7. The summed E-state index contributed by atoms with van der Waals surface area (Å²) >= 11 is 4.45. The number of hydrazine groups is 1. The third-order valence-corrected chi connectivity index (χ3v) is 13.6. The molecule has 0 saturated carbocycles. The van der Waals surface area contributed by atoms with E-state index in [2.05, 4.69) is 32.0 Å². The standard InChI is InChI=1S/C55H71N8O12PS.2C2H6.CH4O/c1-39-59-46-20-19-45-48(64)37-49(75-55(45)53(46)60-39)40-15-17-42(18-16-40)61(2)24-27-69-29-31-71-33-35-73-36-34-72-32-30-70-28-25-63(57)54-43-12-6-5-11-41(43)38-62(47-14-8-7-13-44(47)52(54)56)51(66)22-21-50(65)58-23-9-3-4-10-26-74-76(67,68)77;3*1-2/h5-8,11-20,37H,3-4,9-10,21-36,38,56-57H2,1-2H3,(H,58,65)(H,59,60)(H2,67,68,77);2*1-2H3;2H,1H3/b54-52-;;;. The van der Waals surface area contributed by atoms with E-state index in [0.29, 0.717) is 137 Å². The van der Waals surface area contributed by atoms with Crippen molar-refractivity contribution in [2.24, 2.45) is 11.6 Å². The highest BCUT2D eigenvalue weighted by Gasteiger charge is 2.28. The minimum Gasteiger partial charge on any atom is -0.453 e. The summed E-state index contributed by atoms with van der Waals surface area (Å²) in [6.45, 7) is 12.3. The Labute approximate surface area is 493 Å². The molecule has 1 aliphatic heterocycles. The van der Waals surface area contributed by atoms with Gasteiger partial charge in [-0.05, 0) is 79.6 Å². The van der Waals surface area contributed by atoms with Gasteiger partial charge in [0.2, 0.25) is 11.8 Å². The summed E-state index contributed by atoms with van der Waals surface area (Å²) in [6, 6.07) is 28.1. The molecule has 1 aliphatic rings. The number of carbonyl (C=O) groups excluding carboxylic acids is 2. The van der Waals surface area contributed by atoms with Gasteiger partial charge in [0.05, 0.1) is 114 Å². The van der Waals surface area contributed by atoms with Crippen LogP contribution >= 0.6 is 6.72 Å². The van der Waals surface area contributed by atoms with Gasteiger partial charge in [-0.2, -0.15) is 0 Å². The van der Waals surface area contributed by atoms with Gasteiger partial charge in [0, 0.05) is 68.5 Å². The van der Waals surface area contributed by atoms with Crippen molar-refractivity contribution in [2.45, 2.75) is 79.7 Å². The second-order valence-electron chi connectivity index (χ2n) is 18.4. The number of aliphatic hydroxyl groups excluding tert-OH is 1. The lowest BCUT2D eigenvalue weighted by atomic mass is 9.95. The Balaban J connectivity index is 0.00000239. The minimum atomic E-state index is -3.63. The molecule has 2 aromatic heterocycles. The highest BCUT2D eigenvalue weighted by atomic mass is 32.5. The van der Waals surface area contributed by atoms with E-state index in [1.54, 1.807) is 16.0 Å². The Morgan fingerprint density at radius 2 is 1.34 bits per heavy atom. The number of unbranched alkanes of at least 4 members (excludes halogenated alkanes) is 3. The van der Waals surface area contributed by atoms with Crippen LogP contribution in [0.1, 0.15) is 88.7 Å². The number of amides is 2. The highest BCUT2D eigenvalue weighted by molar-refractivity contribution is 8.06. The maximum Gasteiger partial charge on any atom is 0.321 e. The van der Waals surface area contributed by atoms with Crippen molar-refractivity contribution in [3.63, 3.8) is 0 Å². The first kappa shape index (κ1) is 69.4. The zero-order valence-corrected chi connectivity index (χ0v) is 50.9. The number of nitrogens with one attached hydrogen (secondary N) is 2. The van der Waals surface area contributed by atoms with Crippen molar-refractivity contribution in [3.05, 3.63) is 124 Å². The third kappa shape index (κ3) is 22.4. The number of para-hydroxylation sites is 1. The van der Waals surface area contributed by atoms with Gasteiger partial charge in [-0.1, -0.05) is 83.0 Å². The van der Waals surface area contributed by atoms with Gasteiger partial charge in [-0.15, -0.1) is 0 Å². The molecule has 0 fully saturated rings. The lowest BCUT2D eigenvalue weighted by Crippen LogP contribution is -2.38. The first-order valence-corrected chi connectivity index (χ1v) is 30.9. The fraction of sp³-hybridized carbons (Fsp3) is 0.467. The summed E-state index contributed by atoms with van der Waals surface area (Å²) in [6.07, 6.45) is 3.01. The van der Waals surface area contributed by atoms with Crippen molar-refractivity contribution in [1.82, 2.24) is 20.3 Å². The molecule has 0 radical (unpaired) electrons. The van der Waals surface area contributed by atoms with E-state index in [1.165, 1.54) is 6.07 Å². The van der Waals surface area contributed by atoms with Crippen molar-refractivity contribution >= 4 is 75.1 Å². The van der Waals surface area contributed by atoms with Crippen LogP contribution in [0, 0.1) is 6.92 Å². The molecular weight excluding hydrogens is 1100 g/mol. The van der Waals surface area contributed by atoms with Crippen LogP contribution in [-0.2, 0) is 56.1 Å². The largest absolute Gasteiger partial charge is 0.453 e. The van der Waals surface area contributed by atoms with Gasteiger partial charge in [-0.25, -0.2) is 10.8 Å². The molecule has 0 atom stereocenters. The number of aliphatic hydroxyl groups is 1. The number of nitrogens with zero attached hydrogens (tertiary/aromatic N) is 4. The topological polar surface area (TPSA) is 283 Å². The van der Waals surface area contributed by atoms with Crippen LogP contribution in [-0.4, -0.2) is 148 Å². The number of fused-ring (bicyclic) bond motifs is 5. The van der Waals surface area contributed by atoms with Gasteiger partial charge in [0.15, 0.2) is 11.0 Å². The zero-order chi connectivity index (χ0) is 60.6. The molecule has 456 valence electrons. The van der Waals surface area contributed by atoms with Crippen molar-refractivity contribution in [2.75, 3.05) is 116 Å². The number of hydrogen-bond donors (Lipinski definition) is 7. The Morgan fingerprint density at radius 3 is 1.98 bits per heavy atom. The smallest absolute Gasteiger partial charge is 0.321 e. The van der Waals surface area contributed by atoms with Crippen LogP contribution in [0.15, 0.2) is 100 Å². The molecule has 21 nitrogen and oxygen atoms in total. The number of H-pyrrole nitrogens is 1. The number of aromatic nitrogens is 2. The maximum atomic E-state index is 13.8. The van der Waals surface area contributed by atoms with E-state index in [1.807, 2.05) is 121 Å². The number of hydrogen-bond acceptors (Lipinski definition) is 17. The van der Waals surface area contributed by atoms with E-state index < -0.39 is 6.72 Å². The predicted molar refractivity (Wildman–Crippen MR) is 332 cm³/mol. The molecule has 6 aromatic rings. The summed E-state index contributed by atoms with van der Waals surface area (Å²) in [7, 11) is 3.00. The number of ether oxygens (including phenoxy) is 5. The number of aromatic amines is 1. The van der Waals surface area contributed by atoms with Gasteiger partial charge in [0.25, 0.3) is 0 Å². The number of imidazole rings is 1. The number of aryl methyl sites for hydroxylation is 1. The number of likely N-dealkylation sites (N-methyl/N-ethyl adjacent to an activating group) is 1. The fourth-order valence-electron chi connectivity index (χ4n) is 8.74. The van der Waals surface area contributed by atoms with Crippen LogP contribution in [0.3, 0.4) is 0 Å². The highest BCUT2D eigenvalue weighted by Crippen LogP contribution is 2.38. The first-order chi connectivity index (χ1) is 40.3. The second kappa shape index (κ2) is 38.0. The maximum absolute atomic E-state index is 13.8. The van der Waals surface area contributed by atoms with E-state index in [4.69, 9.17) is 59.1 Å². The second-order valence-corrected chi connectivity index (χ2v) is 21.0. The number of anilines is 2. The van der Waals surface area contributed by atoms with Crippen LogP contribution in [0.4, 0.5) is 11.4 Å². The lowest BCUT2D eigenvalue weighted by Gasteiger charge is -2.33. The van der Waals surface area contributed by atoms with E-state index in [-0.39, 0.29) is 43.2 Å². The summed E-state index contributed by atoms with van der Waals surface area (Å²) in [4.78, 5) is 69.3. The molecule has 2 amide bonds. The number of nitrogens with two attached hydrogens (primary N) is 2. The van der Waals surface area contributed by atoms with E-state index in [0.717, 1.165) is 60.1 Å². The summed E-state index contributed by atoms with van der Waals surface area (Å²) in [5, 5.41) is 12.0. The zero-order valence-electron chi connectivity index (χ0n) is 49.2. The summed E-state index contributed by atoms with van der Waals surface area (Å²) in [5.41, 5.74) is 14.5. The number of benzene rings is 4. The third-order valence-electron chi connectivity index (χ3n) is 12.7. The summed E-state index contributed by atoms with van der Waals surface area (Å²) in [5.74, 6) is 7.53. The lowest BCUT2D eigenvalue weighted by molar-refractivity contribution is -0.125. The molecule has 7 rings (SSSR count). The number of carbonyl (C=O) groups is 2. The molecule has 0 saturated heterocycles. The normalized spacial score (nSPS) is 12.8. The molecular formula is C60H87N8O13PS. The quantitative estimate of drug-likeness (QED) is 0.00911. The van der Waals surface area contributed by atoms with Crippen LogP contribution in [0.25, 0.3) is 44.7 Å². The van der Waals surface area contributed by atoms with Gasteiger partial charge in [0.1, 0.15) is 17.1 Å². The fourth-order valence-corrected chi connectivity index (χ4v) is 9.33. The van der Waals surface area contributed by atoms with Crippen molar-refractivity contribution < 1.29 is 57.1 Å². The molecule has 0 unspecified atom stereocenters. The molecule has 23 heteroatoms. The van der Waals surface area contributed by atoms with Crippen molar-refractivity contribution in [3.8, 4) is 11.3 Å². The molecule has 4 aromatic carbocycles. The monoisotopic (exact) mass is 1190 g/mol. The van der Waals surface area contributed by atoms with Crippen molar-refractivity contribution in [1.29, 1.82) is 0 Å². The minimum absolute atomic E-state index is 0.00479. The van der Waals surface area contributed by atoms with Gasteiger partial charge in [-0.3, -0.25) is 14.4 Å². The SMILES string of the molecule is CC.CC.CO.Cc1nc2c(ccc3c(=O)cc(-c4ccc(N(C)CCOCCOCCOCCOCCOCCN(N)/C5=C(\N)c6ccccc6N(C(=O)CCC(=O)NCCCCCCOP(O)(O)=S)Cc6ccccc65)cc4)oc32)[nH]1. The van der Waals surface area contributed by atoms with Crippen LogP contribution in [0.2, 0.25) is 0 Å². The Kier molecular flexibility index (Phi) is 31.7. The average molecular weight is 1190 g/mol. The van der Waals surface area contributed by atoms with Crippen LogP contribution < -0.4 is 32.1 Å². The van der Waals surface area contributed by atoms with Gasteiger partial charge >= 0.3 is 6.72 Å². The Morgan fingerprint density at radius 1 is 0.759 bits per heavy atom. The molecule has 83 heavy (non-hydrogen) atoms. The van der Waals surface area contributed by atoms with Gasteiger partial charge < -0.3 is 78.4 Å². The molecule has 0 bridgehead atoms. The average Bonchev–Trinajstić information content (AvgIpc) is 3.94. The Hall–Kier alpha value is -6.11. The van der Waals surface area contributed by atoms with E-state index in [9.17, 15) is 14.4 Å². The van der Waals surface area contributed by atoms with Crippen LogP contribution in [0.5, 0.6) is 0 Å².